The Bertz CT molecular complexity index is 396. The van der Waals surface area contributed by atoms with E-state index >= 15 is 0 Å². The molecule has 0 aromatic carbocycles. The normalized spacial score (nSPS) is 10.4. The average Bonchev–Trinajstić information content (AvgIpc) is 2.34. The molecule has 0 atom stereocenters. The Balaban J connectivity index is 3.09. The van der Waals surface area contributed by atoms with Crippen LogP contribution in [0.4, 0.5) is 11.5 Å². The monoisotopic (exact) mass is 244 g/mol. The fraction of sp³-hybridized carbons (Fsp3) is 0.500. The van der Waals surface area contributed by atoms with Crippen molar-refractivity contribution in [2.24, 2.45) is 0 Å². The van der Waals surface area contributed by atoms with Gasteiger partial charge in [-0.25, -0.2) is 4.98 Å². The van der Waals surface area contributed by atoms with Crippen molar-refractivity contribution in [2.45, 2.75) is 6.04 Å². The number of ether oxygens (including phenoxy) is 1. The minimum atomic E-state index is -0.742. The molecule has 0 saturated heterocycles. The summed E-state index contributed by atoms with van der Waals surface area (Å²) >= 11 is 0. The topological polar surface area (TPSA) is 131 Å². The molecule has 1 rings (SSSR count). The Morgan fingerprint density at radius 1 is 1.53 bits per heavy atom. The summed E-state index contributed by atoms with van der Waals surface area (Å²) in [6, 6.07) is -0.742. The summed E-state index contributed by atoms with van der Waals surface area (Å²) < 4.78 is 4.74. The van der Waals surface area contributed by atoms with E-state index in [4.69, 9.17) is 14.9 Å². The molecule has 0 saturated carbocycles. The summed E-state index contributed by atoms with van der Waals surface area (Å²) in [5.74, 6) is -0.308. The number of nitrogens with zero attached hydrogens (tertiary/aromatic N) is 3. The predicted octanol–water partition coefficient (Wildman–Crippen LogP) is -0.842. The van der Waals surface area contributed by atoms with Crippen LogP contribution in [-0.2, 0) is 0 Å². The van der Waals surface area contributed by atoms with Gasteiger partial charge in [-0.3, -0.25) is 10.1 Å². The molecule has 0 unspecified atom stereocenters. The van der Waals surface area contributed by atoms with Crippen molar-refractivity contribution in [1.82, 2.24) is 9.97 Å². The Labute approximate surface area is 96.2 Å². The molecule has 0 aliphatic carbocycles. The van der Waals surface area contributed by atoms with Gasteiger partial charge in [-0.05, 0) is 0 Å². The molecule has 9 nitrogen and oxygen atoms in total. The lowest BCUT2D eigenvalue weighted by atomic mass is 10.3. The minimum absolute atomic E-state index is 0.116. The van der Waals surface area contributed by atoms with Gasteiger partial charge in [-0.1, -0.05) is 0 Å². The maximum absolute atomic E-state index is 10.8. The number of hydrogen-bond donors (Lipinski definition) is 3. The quantitative estimate of drug-likeness (QED) is 0.436. The number of hydrogen-bond acceptors (Lipinski definition) is 8. The summed E-state index contributed by atoms with van der Waals surface area (Å²) in [5.41, 5.74) is -0.443. The highest BCUT2D eigenvalue weighted by atomic mass is 16.6. The Morgan fingerprint density at radius 3 is 2.65 bits per heavy atom. The fourth-order valence-corrected chi connectivity index (χ4v) is 1.12. The zero-order valence-electron chi connectivity index (χ0n) is 9.03. The van der Waals surface area contributed by atoms with Crippen LogP contribution >= 0.6 is 0 Å². The summed E-state index contributed by atoms with van der Waals surface area (Å²) in [4.78, 5) is 17.4. The van der Waals surface area contributed by atoms with Gasteiger partial charge in [0.25, 0.3) is 5.88 Å². The molecule has 0 fully saturated rings. The number of aromatic nitrogens is 2. The number of aliphatic hydroxyl groups is 2. The molecule has 0 spiro atoms. The Hall–Kier alpha value is -2.00. The first-order valence-electron chi connectivity index (χ1n) is 4.65. The highest BCUT2D eigenvalue weighted by Crippen LogP contribution is 2.30. The Kier molecular flexibility index (Phi) is 4.55. The predicted molar refractivity (Wildman–Crippen MR) is 56.8 cm³/mol. The second-order valence-corrected chi connectivity index (χ2v) is 3.04. The molecule has 1 heterocycles. The zero-order valence-corrected chi connectivity index (χ0v) is 9.03. The van der Waals surface area contributed by atoms with Gasteiger partial charge in [0.2, 0.25) is 5.82 Å². The van der Waals surface area contributed by atoms with Gasteiger partial charge in [0, 0.05) is 0 Å². The van der Waals surface area contributed by atoms with Crippen molar-refractivity contribution in [2.75, 3.05) is 25.6 Å². The van der Waals surface area contributed by atoms with Crippen LogP contribution in [0.15, 0.2) is 6.33 Å². The number of anilines is 1. The van der Waals surface area contributed by atoms with Gasteiger partial charge >= 0.3 is 5.69 Å². The highest BCUT2D eigenvalue weighted by molar-refractivity contribution is 5.61. The van der Waals surface area contributed by atoms with Crippen molar-refractivity contribution in [3.8, 4) is 5.88 Å². The van der Waals surface area contributed by atoms with Gasteiger partial charge in [0.05, 0.1) is 31.3 Å². The van der Waals surface area contributed by atoms with Crippen molar-refractivity contribution in [3.05, 3.63) is 16.4 Å². The average molecular weight is 244 g/mol. The fourth-order valence-electron chi connectivity index (χ4n) is 1.12. The van der Waals surface area contributed by atoms with Gasteiger partial charge in [0.1, 0.15) is 6.33 Å². The van der Waals surface area contributed by atoms with Gasteiger partial charge in [-0.15, -0.1) is 0 Å². The van der Waals surface area contributed by atoms with Gasteiger partial charge in [0.15, 0.2) is 0 Å². The molecule has 9 heteroatoms. The number of rotatable bonds is 6. The molecule has 0 radical (unpaired) electrons. The van der Waals surface area contributed by atoms with E-state index in [0.717, 1.165) is 6.33 Å². The van der Waals surface area contributed by atoms with E-state index < -0.39 is 16.7 Å². The molecule has 3 N–H and O–H groups in total. The standard InChI is InChI=1S/C8H12N4O5/c1-17-8-6(12(15)16)7(9-4-10-8)11-5(2-13)3-14/h4-5,13-14H,2-3H2,1H3,(H,9,10,11). The van der Waals surface area contributed by atoms with E-state index in [1.165, 1.54) is 7.11 Å². The number of aliphatic hydroxyl groups excluding tert-OH is 2. The van der Waals surface area contributed by atoms with Crippen LogP contribution in [-0.4, -0.2) is 51.5 Å². The van der Waals surface area contributed by atoms with Crippen LogP contribution in [0.3, 0.4) is 0 Å². The van der Waals surface area contributed by atoms with E-state index in [1.54, 1.807) is 0 Å². The molecule has 1 aromatic rings. The maximum atomic E-state index is 10.8. The van der Waals surface area contributed by atoms with E-state index in [-0.39, 0.29) is 24.9 Å². The first kappa shape index (κ1) is 13.1. The molecule has 0 aliphatic heterocycles. The molecule has 94 valence electrons. The third-order valence-corrected chi connectivity index (χ3v) is 1.95. The molecular formula is C8H12N4O5. The molecule has 1 aromatic heterocycles. The van der Waals surface area contributed by atoms with E-state index in [1.807, 2.05) is 0 Å². The number of methoxy groups -OCH3 is 1. The van der Waals surface area contributed by atoms with Crippen molar-refractivity contribution >= 4 is 11.5 Å². The van der Waals surface area contributed by atoms with Crippen LogP contribution in [0.2, 0.25) is 0 Å². The lowest BCUT2D eigenvalue weighted by Crippen LogP contribution is -2.28. The van der Waals surface area contributed by atoms with E-state index in [0.29, 0.717) is 0 Å². The highest BCUT2D eigenvalue weighted by Gasteiger charge is 2.25. The minimum Gasteiger partial charge on any atom is -0.476 e. The first-order valence-corrected chi connectivity index (χ1v) is 4.65. The van der Waals surface area contributed by atoms with Crippen LogP contribution in [0, 0.1) is 10.1 Å². The largest absolute Gasteiger partial charge is 0.476 e. The lowest BCUT2D eigenvalue weighted by molar-refractivity contribution is -0.385. The smallest absolute Gasteiger partial charge is 0.372 e. The third-order valence-electron chi connectivity index (χ3n) is 1.95. The van der Waals surface area contributed by atoms with Crippen LogP contribution in [0.5, 0.6) is 5.88 Å². The molecule has 0 amide bonds. The molecule has 0 bridgehead atoms. The van der Waals surface area contributed by atoms with Crippen molar-refractivity contribution in [1.29, 1.82) is 0 Å². The number of nitrogens with one attached hydrogen (secondary N) is 1. The Morgan fingerprint density at radius 2 is 2.18 bits per heavy atom. The SMILES string of the molecule is COc1ncnc(NC(CO)CO)c1[N+](=O)[O-]. The second kappa shape index (κ2) is 5.92. The van der Waals surface area contributed by atoms with Crippen molar-refractivity contribution in [3.63, 3.8) is 0 Å². The van der Waals surface area contributed by atoms with Gasteiger partial charge < -0.3 is 20.3 Å². The van der Waals surface area contributed by atoms with Crippen LogP contribution in [0.25, 0.3) is 0 Å². The molecular weight excluding hydrogens is 232 g/mol. The van der Waals surface area contributed by atoms with Gasteiger partial charge in [-0.2, -0.15) is 4.98 Å². The zero-order chi connectivity index (χ0) is 12.8. The second-order valence-electron chi connectivity index (χ2n) is 3.04. The van der Waals surface area contributed by atoms with Crippen LogP contribution in [0.1, 0.15) is 0 Å². The van der Waals surface area contributed by atoms with Crippen LogP contribution < -0.4 is 10.1 Å². The first-order chi connectivity index (χ1) is 8.13. The summed E-state index contributed by atoms with van der Waals surface area (Å²) in [6.45, 7) is -0.778. The summed E-state index contributed by atoms with van der Waals surface area (Å²) in [5, 5.41) is 31.1. The summed E-state index contributed by atoms with van der Waals surface area (Å²) in [7, 11) is 1.24. The lowest BCUT2D eigenvalue weighted by Gasteiger charge is -2.14. The molecule has 0 aliphatic rings. The summed E-state index contributed by atoms with van der Waals surface area (Å²) in [6.07, 6.45) is 1.08. The third kappa shape index (κ3) is 2.98. The van der Waals surface area contributed by atoms with E-state index in [9.17, 15) is 10.1 Å². The van der Waals surface area contributed by atoms with Crippen molar-refractivity contribution < 1.29 is 19.9 Å². The number of nitro groups is 1. The van der Waals surface area contributed by atoms with E-state index in [2.05, 4.69) is 15.3 Å². The maximum Gasteiger partial charge on any atom is 0.372 e. The molecule has 17 heavy (non-hydrogen) atoms.